The number of likely N-dealkylation sites (N-methyl/N-ethyl adjacent to an activating group) is 1. The van der Waals surface area contributed by atoms with Gasteiger partial charge in [-0.3, -0.25) is 0 Å². The number of halogens is 1. The van der Waals surface area contributed by atoms with Crippen molar-refractivity contribution in [2.75, 3.05) is 37.6 Å². The number of benzene rings is 1. The van der Waals surface area contributed by atoms with E-state index in [0.29, 0.717) is 17.5 Å². The van der Waals surface area contributed by atoms with E-state index in [9.17, 15) is 9.65 Å². The minimum absolute atomic E-state index is 0.0925. The second-order valence-electron chi connectivity index (χ2n) is 5.54. The number of nitriles is 1. The van der Waals surface area contributed by atoms with E-state index in [-0.39, 0.29) is 18.1 Å². The van der Waals surface area contributed by atoms with Gasteiger partial charge in [0.25, 0.3) is 0 Å². The molecule has 0 saturated carbocycles. The molecule has 7 heteroatoms. The predicted molar refractivity (Wildman–Crippen MR) is 86.3 cm³/mol. The quantitative estimate of drug-likeness (QED) is 0.839. The molecule has 0 bridgehead atoms. The minimum atomic E-state index is -0.321. The second kappa shape index (κ2) is 7.32. The molecule has 0 N–H and O–H groups in total. The molecular weight excluding hydrogens is 311 g/mol. The van der Waals surface area contributed by atoms with Crippen LogP contribution in [0.15, 0.2) is 28.7 Å². The molecule has 126 valence electrons. The molecule has 1 saturated heterocycles. The molecule has 0 atom stereocenters. The largest absolute Gasteiger partial charge is 0.484 e. The summed E-state index contributed by atoms with van der Waals surface area (Å²) >= 11 is 0. The van der Waals surface area contributed by atoms with E-state index in [2.05, 4.69) is 22.9 Å². The zero-order chi connectivity index (χ0) is 16.9. The van der Waals surface area contributed by atoms with Crippen molar-refractivity contribution in [3.63, 3.8) is 0 Å². The maximum Gasteiger partial charge on any atom is 0.236 e. The van der Waals surface area contributed by atoms with Crippen LogP contribution in [-0.2, 0) is 6.61 Å². The van der Waals surface area contributed by atoms with Crippen molar-refractivity contribution >= 4 is 5.88 Å². The monoisotopic (exact) mass is 330 g/mol. The Balaban J connectivity index is 1.66. The molecule has 1 aliphatic heterocycles. The van der Waals surface area contributed by atoms with E-state index in [1.54, 1.807) is 0 Å². The van der Waals surface area contributed by atoms with E-state index in [0.717, 1.165) is 32.7 Å². The summed E-state index contributed by atoms with van der Waals surface area (Å²) in [6.45, 7) is 6.72. The average molecular weight is 330 g/mol. The number of aromatic nitrogens is 1. The Morgan fingerprint density at radius 1 is 1.25 bits per heavy atom. The SMILES string of the molecule is CCN1CCN(c2oc(COc3ccc(F)cc3)nc2C#N)CC1. The molecule has 1 aromatic heterocycles. The van der Waals surface area contributed by atoms with E-state index >= 15 is 0 Å². The fraction of sp³-hybridized carbons (Fsp3) is 0.412. The van der Waals surface area contributed by atoms with E-state index < -0.39 is 0 Å². The molecule has 1 aliphatic rings. The number of oxazole rings is 1. The van der Waals surface area contributed by atoms with Crippen LogP contribution in [0.25, 0.3) is 0 Å². The predicted octanol–water partition coefficient (Wildman–Crippen LogP) is 2.41. The highest BCUT2D eigenvalue weighted by molar-refractivity contribution is 5.48. The Hall–Kier alpha value is -2.59. The normalized spacial score (nSPS) is 15.3. The van der Waals surface area contributed by atoms with Crippen LogP contribution in [0.4, 0.5) is 10.3 Å². The summed E-state index contributed by atoms with van der Waals surface area (Å²) < 4.78 is 24.1. The van der Waals surface area contributed by atoms with Crippen LogP contribution in [0.5, 0.6) is 5.75 Å². The first-order chi connectivity index (χ1) is 11.7. The van der Waals surface area contributed by atoms with Gasteiger partial charge in [-0.05, 0) is 30.8 Å². The van der Waals surface area contributed by atoms with Gasteiger partial charge in [-0.25, -0.2) is 4.39 Å². The first-order valence-electron chi connectivity index (χ1n) is 7.95. The van der Waals surface area contributed by atoms with Crippen LogP contribution >= 0.6 is 0 Å². The molecule has 2 aromatic rings. The fourth-order valence-corrected chi connectivity index (χ4v) is 2.65. The number of anilines is 1. The van der Waals surface area contributed by atoms with Gasteiger partial charge in [0, 0.05) is 26.2 Å². The molecule has 0 spiro atoms. The molecule has 2 heterocycles. The van der Waals surface area contributed by atoms with E-state index in [1.807, 2.05) is 4.90 Å². The lowest BCUT2D eigenvalue weighted by molar-refractivity contribution is 0.252. The van der Waals surface area contributed by atoms with Crippen molar-refractivity contribution in [3.05, 3.63) is 41.7 Å². The molecule has 1 aromatic carbocycles. The van der Waals surface area contributed by atoms with Gasteiger partial charge in [0.2, 0.25) is 17.5 Å². The molecule has 0 aliphatic carbocycles. The third kappa shape index (κ3) is 3.66. The van der Waals surface area contributed by atoms with Gasteiger partial charge in [-0.2, -0.15) is 10.2 Å². The maximum atomic E-state index is 12.9. The van der Waals surface area contributed by atoms with Crippen LogP contribution in [0.1, 0.15) is 18.5 Å². The van der Waals surface area contributed by atoms with Crippen molar-refractivity contribution in [2.45, 2.75) is 13.5 Å². The topological polar surface area (TPSA) is 65.5 Å². The summed E-state index contributed by atoms with van der Waals surface area (Å²) in [5.74, 6) is 1.04. The van der Waals surface area contributed by atoms with Crippen molar-refractivity contribution in [2.24, 2.45) is 0 Å². The van der Waals surface area contributed by atoms with Crippen LogP contribution in [-0.4, -0.2) is 42.6 Å². The molecule has 0 unspecified atom stereocenters. The van der Waals surface area contributed by atoms with E-state index in [1.165, 1.54) is 24.3 Å². The number of hydrogen-bond donors (Lipinski definition) is 0. The van der Waals surface area contributed by atoms with Crippen LogP contribution in [0.2, 0.25) is 0 Å². The summed E-state index contributed by atoms with van der Waals surface area (Å²) in [6, 6.07) is 7.80. The minimum Gasteiger partial charge on any atom is -0.484 e. The second-order valence-corrected chi connectivity index (χ2v) is 5.54. The summed E-state index contributed by atoms with van der Waals surface area (Å²) in [7, 11) is 0. The standard InChI is InChI=1S/C17H19FN4O2/c1-2-21-7-9-22(10-8-21)17-15(11-19)20-16(24-17)12-23-14-5-3-13(18)4-6-14/h3-6H,2,7-10,12H2,1H3. The van der Waals surface area contributed by atoms with Gasteiger partial charge in [-0.1, -0.05) is 6.92 Å². The van der Waals surface area contributed by atoms with Gasteiger partial charge in [0.05, 0.1) is 0 Å². The third-order valence-corrected chi connectivity index (χ3v) is 4.04. The molecule has 1 fully saturated rings. The van der Waals surface area contributed by atoms with Gasteiger partial charge < -0.3 is 19.0 Å². The van der Waals surface area contributed by atoms with E-state index in [4.69, 9.17) is 9.15 Å². The first kappa shape index (κ1) is 16.3. The van der Waals surface area contributed by atoms with Gasteiger partial charge in [-0.15, -0.1) is 0 Å². The molecule has 24 heavy (non-hydrogen) atoms. The van der Waals surface area contributed by atoms with Crippen molar-refractivity contribution in [1.82, 2.24) is 9.88 Å². The van der Waals surface area contributed by atoms with Gasteiger partial charge in [0.15, 0.2) is 6.61 Å². The Morgan fingerprint density at radius 2 is 1.96 bits per heavy atom. The highest BCUT2D eigenvalue weighted by atomic mass is 19.1. The molecular formula is C17H19FN4O2. The number of piperazine rings is 1. The molecule has 3 rings (SSSR count). The lowest BCUT2D eigenvalue weighted by Gasteiger charge is -2.33. The number of hydrogen-bond acceptors (Lipinski definition) is 6. The zero-order valence-electron chi connectivity index (χ0n) is 13.5. The Kier molecular flexibility index (Phi) is 4.96. The summed E-state index contributed by atoms with van der Waals surface area (Å²) in [6.07, 6.45) is 0. The maximum absolute atomic E-state index is 12.9. The summed E-state index contributed by atoms with van der Waals surface area (Å²) in [4.78, 5) is 8.58. The summed E-state index contributed by atoms with van der Waals surface area (Å²) in [5, 5.41) is 9.28. The van der Waals surface area contributed by atoms with Crippen LogP contribution in [0, 0.1) is 17.1 Å². The molecule has 0 radical (unpaired) electrons. The smallest absolute Gasteiger partial charge is 0.236 e. The lowest BCUT2D eigenvalue weighted by atomic mass is 10.3. The number of nitrogens with zero attached hydrogens (tertiary/aromatic N) is 4. The lowest BCUT2D eigenvalue weighted by Crippen LogP contribution is -2.46. The first-order valence-corrected chi connectivity index (χ1v) is 7.95. The highest BCUT2D eigenvalue weighted by Crippen LogP contribution is 2.24. The number of ether oxygens (including phenoxy) is 1. The van der Waals surface area contributed by atoms with Crippen molar-refractivity contribution in [3.8, 4) is 11.8 Å². The third-order valence-electron chi connectivity index (χ3n) is 4.04. The van der Waals surface area contributed by atoms with Crippen molar-refractivity contribution < 1.29 is 13.5 Å². The van der Waals surface area contributed by atoms with Crippen molar-refractivity contribution in [1.29, 1.82) is 5.26 Å². The van der Waals surface area contributed by atoms with Gasteiger partial charge >= 0.3 is 0 Å². The van der Waals surface area contributed by atoms with Crippen LogP contribution < -0.4 is 9.64 Å². The average Bonchev–Trinajstić information content (AvgIpc) is 3.04. The molecule has 0 amide bonds. The van der Waals surface area contributed by atoms with Gasteiger partial charge in [0.1, 0.15) is 17.6 Å². The Morgan fingerprint density at radius 3 is 2.58 bits per heavy atom. The Labute approximate surface area is 140 Å². The van der Waals surface area contributed by atoms with Crippen LogP contribution in [0.3, 0.4) is 0 Å². The Bertz CT molecular complexity index is 715. The fourth-order valence-electron chi connectivity index (χ4n) is 2.65. The zero-order valence-corrected chi connectivity index (χ0v) is 13.5. The summed E-state index contributed by atoms with van der Waals surface area (Å²) in [5.41, 5.74) is 0.276. The molecule has 6 nitrogen and oxygen atoms in total. The number of rotatable bonds is 5. The highest BCUT2D eigenvalue weighted by Gasteiger charge is 2.23.